The number of carbonyl (C=O) groups is 2. The first-order valence-corrected chi connectivity index (χ1v) is 11.6. The zero-order valence-electron chi connectivity index (χ0n) is 20.3. The number of hydrogen-bond donors (Lipinski definition) is 1. The van der Waals surface area contributed by atoms with E-state index in [1.807, 2.05) is 0 Å². The highest BCUT2D eigenvalue weighted by Crippen LogP contribution is 2.33. The molecule has 214 valence electrons. The predicted molar refractivity (Wildman–Crippen MR) is 132 cm³/mol. The molecule has 3 aromatic carbocycles. The summed E-state index contributed by atoms with van der Waals surface area (Å²) in [5.41, 5.74) is -2.81. The minimum Gasteiger partial charge on any atom is -0.416 e. The standard InChI is InChI=1S/C28H11ClF8N2O3/c29-18-7-6-13(11-17(18)26(40)39-19-3-1-2-8-38-19)4-5-14-9-15(12-16(10-14)28(35,36)37)27(41)42-25-23(33)21(31)20(30)22(32)24(25)34/h1-3,6-12H,(H,38,39,40). The molecule has 42 heavy (non-hydrogen) atoms. The van der Waals surface area contributed by atoms with Crippen molar-refractivity contribution >= 4 is 29.3 Å². The van der Waals surface area contributed by atoms with Crippen molar-refractivity contribution in [2.24, 2.45) is 0 Å². The maximum absolute atomic E-state index is 13.9. The minimum atomic E-state index is -5.05. The van der Waals surface area contributed by atoms with Crippen LogP contribution in [0.5, 0.6) is 5.75 Å². The number of pyridine rings is 1. The number of benzene rings is 3. The van der Waals surface area contributed by atoms with Crippen molar-refractivity contribution in [3.8, 4) is 17.6 Å². The number of aromatic nitrogens is 1. The van der Waals surface area contributed by atoms with Crippen LogP contribution in [0.2, 0.25) is 5.02 Å². The van der Waals surface area contributed by atoms with E-state index >= 15 is 0 Å². The van der Waals surface area contributed by atoms with Gasteiger partial charge < -0.3 is 10.1 Å². The molecule has 0 fully saturated rings. The maximum atomic E-state index is 13.9. The normalized spacial score (nSPS) is 11.0. The molecule has 0 radical (unpaired) electrons. The van der Waals surface area contributed by atoms with Gasteiger partial charge in [-0.2, -0.15) is 22.0 Å². The molecule has 0 aliphatic carbocycles. The molecule has 14 heteroatoms. The number of nitrogens with one attached hydrogen (secondary N) is 1. The zero-order chi connectivity index (χ0) is 30.8. The van der Waals surface area contributed by atoms with Gasteiger partial charge in [0.15, 0.2) is 0 Å². The van der Waals surface area contributed by atoms with Gasteiger partial charge in [-0.3, -0.25) is 4.79 Å². The number of alkyl halides is 3. The molecular weight excluding hydrogens is 600 g/mol. The van der Waals surface area contributed by atoms with Crippen molar-refractivity contribution in [1.82, 2.24) is 4.98 Å². The van der Waals surface area contributed by atoms with Crippen LogP contribution in [0.15, 0.2) is 60.8 Å². The monoisotopic (exact) mass is 610 g/mol. The molecule has 0 bridgehead atoms. The third kappa shape index (κ3) is 6.50. The first-order chi connectivity index (χ1) is 19.8. The van der Waals surface area contributed by atoms with E-state index in [1.165, 1.54) is 30.5 Å². The molecule has 0 saturated carbocycles. The Kier molecular flexibility index (Phi) is 8.49. The summed E-state index contributed by atoms with van der Waals surface area (Å²) in [7, 11) is 0. The van der Waals surface area contributed by atoms with Gasteiger partial charge in [-0.25, -0.2) is 22.9 Å². The van der Waals surface area contributed by atoms with Crippen molar-refractivity contribution in [2.75, 3.05) is 5.32 Å². The second-order valence-electron chi connectivity index (χ2n) is 8.20. The molecule has 0 saturated heterocycles. The number of rotatable bonds is 4. The van der Waals surface area contributed by atoms with Gasteiger partial charge in [-0.1, -0.05) is 29.5 Å². The molecule has 1 aromatic heterocycles. The van der Waals surface area contributed by atoms with Crippen LogP contribution in [0.25, 0.3) is 0 Å². The van der Waals surface area contributed by atoms with Gasteiger partial charge in [0.1, 0.15) is 5.82 Å². The van der Waals surface area contributed by atoms with Crippen LogP contribution < -0.4 is 10.1 Å². The van der Waals surface area contributed by atoms with Crippen molar-refractivity contribution in [1.29, 1.82) is 0 Å². The fraction of sp³-hybridized carbons (Fsp3) is 0.0357. The fourth-order valence-corrected chi connectivity index (χ4v) is 3.55. The van der Waals surface area contributed by atoms with E-state index in [0.717, 1.165) is 6.07 Å². The van der Waals surface area contributed by atoms with Gasteiger partial charge in [0, 0.05) is 17.3 Å². The predicted octanol–water partition coefficient (Wildman–Crippen LogP) is 7.32. The maximum Gasteiger partial charge on any atom is 0.416 e. The summed E-state index contributed by atoms with van der Waals surface area (Å²) in [5, 5.41) is 2.52. The van der Waals surface area contributed by atoms with Crippen LogP contribution in [-0.4, -0.2) is 16.9 Å². The lowest BCUT2D eigenvalue weighted by Crippen LogP contribution is -2.15. The summed E-state index contributed by atoms with van der Waals surface area (Å²) >= 11 is 6.09. The largest absolute Gasteiger partial charge is 0.416 e. The Morgan fingerprint density at radius 2 is 1.45 bits per heavy atom. The molecule has 4 aromatic rings. The third-order valence-electron chi connectivity index (χ3n) is 5.33. The average Bonchev–Trinajstić information content (AvgIpc) is 2.96. The Morgan fingerprint density at radius 1 is 0.810 bits per heavy atom. The van der Waals surface area contributed by atoms with E-state index in [1.54, 1.807) is 12.1 Å². The Morgan fingerprint density at radius 3 is 2.07 bits per heavy atom. The molecular formula is C28H11ClF8N2O3. The van der Waals surface area contributed by atoms with Crippen LogP contribution in [-0.2, 0) is 6.18 Å². The van der Waals surface area contributed by atoms with Crippen molar-refractivity contribution in [3.63, 3.8) is 0 Å². The highest BCUT2D eigenvalue weighted by atomic mass is 35.5. The zero-order valence-corrected chi connectivity index (χ0v) is 21.1. The molecule has 0 unspecified atom stereocenters. The van der Waals surface area contributed by atoms with Crippen molar-refractivity contribution < 1.29 is 49.4 Å². The summed E-state index contributed by atoms with van der Waals surface area (Å²) in [4.78, 5) is 29.0. The Balaban J connectivity index is 1.68. The number of ether oxygens (including phenoxy) is 1. The van der Waals surface area contributed by atoms with Gasteiger partial charge in [0.05, 0.1) is 21.7 Å². The van der Waals surface area contributed by atoms with E-state index < -0.39 is 69.6 Å². The number of halogens is 9. The van der Waals surface area contributed by atoms with E-state index in [2.05, 4.69) is 26.9 Å². The quantitative estimate of drug-likeness (QED) is 0.0657. The van der Waals surface area contributed by atoms with Crippen LogP contribution in [0.3, 0.4) is 0 Å². The Hall–Kier alpha value is -4.96. The van der Waals surface area contributed by atoms with Crippen LogP contribution >= 0.6 is 11.6 Å². The van der Waals surface area contributed by atoms with E-state index in [9.17, 15) is 44.7 Å². The lowest BCUT2D eigenvalue weighted by molar-refractivity contribution is -0.137. The third-order valence-corrected chi connectivity index (χ3v) is 5.66. The summed E-state index contributed by atoms with van der Waals surface area (Å²) < 4.78 is 113. The molecule has 0 spiro atoms. The van der Waals surface area contributed by atoms with E-state index in [-0.39, 0.29) is 28.0 Å². The molecule has 0 aliphatic heterocycles. The molecule has 0 atom stereocenters. The highest BCUT2D eigenvalue weighted by molar-refractivity contribution is 6.34. The summed E-state index contributed by atoms with van der Waals surface area (Å²) in [6.45, 7) is 0. The van der Waals surface area contributed by atoms with Crippen LogP contribution in [0.1, 0.15) is 37.4 Å². The van der Waals surface area contributed by atoms with Gasteiger partial charge in [0.25, 0.3) is 5.91 Å². The van der Waals surface area contributed by atoms with Gasteiger partial charge >= 0.3 is 12.1 Å². The smallest absolute Gasteiger partial charge is 0.416 e. The van der Waals surface area contributed by atoms with E-state index in [4.69, 9.17) is 11.6 Å². The second kappa shape index (κ2) is 11.9. The minimum absolute atomic E-state index is 0.0196. The molecule has 1 N–H and O–H groups in total. The summed E-state index contributed by atoms with van der Waals surface area (Å²) in [5.74, 6) is -11.9. The van der Waals surface area contributed by atoms with Crippen LogP contribution in [0.4, 0.5) is 40.9 Å². The Labute approximate surface area is 235 Å². The molecule has 1 amide bonds. The Bertz CT molecular complexity index is 1760. The van der Waals surface area contributed by atoms with Crippen molar-refractivity contribution in [3.05, 3.63) is 123 Å². The highest BCUT2D eigenvalue weighted by Gasteiger charge is 2.33. The number of amides is 1. The topological polar surface area (TPSA) is 68.3 Å². The molecule has 4 rings (SSSR count). The lowest BCUT2D eigenvalue weighted by Gasteiger charge is -2.11. The van der Waals surface area contributed by atoms with Crippen LogP contribution in [0, 0.1) is 40.9 Å². The first kappa shape index (κ1) is 30.0. The van der Waals surface area contributed by atoms with E-state index in [0.29, 0.717) is 6.07 Å². The van der Waals surface area contributed by atoms with Gasteiger partial charge in [-0.15, -0.1) is 0 Å². The lowest BCUT2D eigenvalue weighted by atomic mass is 10.0. The molecule has 1 heterocycles. The van der Waals surface area contributed by atoms with Crippen molar-refractivity contribution in [2.45, 2.75) is 6.18 Å². The second-order valence-corrected chi connectivity index (χ2v) is 8.61. The number of esters is 1. The number of carbonyl (C=O) groups excluding carboxylic acids is 2. The number of anilines is 1. The van der Waals surface area contributed by atoms with Gasteiger partial charge in [-0.05, 0) is 48.5 Å². The SMILES string of the molecule is O=C(Oc1c(F)c(F)c(F)c(F)c1F)c1cc(C#Cc2ccc(Cl)c(C(=O)Nc3ccccn3)c2)cc(C(F)(F)F)c1. The first-order valence-electron chi connectivity index (χ1n) is 11.3. The number of nitrogens with zero attached hydrogens (tertiary/aromatic N) is 1. The summed E-state index contributed by atoms with van der Waals surface area (Å²) in [6.07, 6.45) is -3.62. The molecule has 0 aliphatic rings. The molecule has 5 nitrogen and oxygen atoms in total. The van der Waals surface area contributed by atoms with Gasteiger partial charge in [0.2, 0.25) is 34.8 Å². The fourth-order valence-electron chi connectivity index (χ4n) is 3.35. The number of hydrogen-bond acceptors (Lipinski definition) is 4. The average molecular weight is 611 g/mol. The summed E-state index contributed by atoms with van der Waals surface area (Å²) in [6, 6.07) is 10.1.